The van der Waals surface area contributed by atoms with Gasteiger partial charge in [-0.1, -0.05) is 18.2 Å². The Morgan fingerprint density at radius 3 is 2.79 bits per heavy atom. The van der Waals surface area contributed by atoms with Crippen molar-refractivity contribution in [2.75, 3.05) is 13.2 Å². The van der Waals surface area contributed by atoms with Crippen LogP contribution in [-0.2, 0) is 4.74 Å². The van der Waals surface area contributed by atoms with Gasteiger partial charge in [-0.2, -0.15) is 0 Å². The molecule has 124 valence electrons. The average Bonchev–Trinajstić information content (AvgIpc) is 2.63. The number of nitrogens with one attached hydrogen (secondary N) is 1. The summed E-state index contributed by atoms with van der Waals surface area (Å²) in [7, 11) is 0. The van der Waals surface area contributed by atoms with E-state index in [0.29, 0.717) is 18.8 Å². The first-order valence-electron chi connectivity index (χ1n) is 8.32. The first-order valence-corrected chi connectivity index (χ1v) is 8.32. The fourth-order valence-corrected chi connectivity index (χ4v) is 3.54. The molecule has 3 heterocycles. The summed E-state index contributed by atoms with van der Waals surface area (Å²) in [6.45, 7) is 1.40. The van der Waals surface area contributed by atoms with Gasteiger partial charge in [-0.05, 0) is 18.2 Å². The molecule has 0 radical (unpaired) electrons. The van der Waals surface area contributed by atoms with Crippen LogP contribution < -0.4 is 10.1 Å². The number of para-hydroxylation sites is 1. The molecule has 1 amide bonds. The summed E-state index contributed by atoms with van der Waals surface area (Å²) < 4.78 is 11.8. The number of aromatic nitrogens is 1. The minimum absolute atomic E-state index is 0.0687. The summed E-state index contributed by atoms with van der Waals surface area (Å²) >= 11 is 0. The van der Waals surface area contributed by atoms with Crippen LogP contribution in [0.2, 0.25) is 0 Å². The van der Waals surface area contributed by atoms with E-state index in [9.17, 15) is 4.79 Å². The van der Waals surface area contributed by atoms with E-state index < -0.39 is 0 Å². The monoisotopic (exact) mass is 324 g/mol. The first-order chi connectivity index (χ1) is 11.8. The molecule has 1 aromatic carbocycles. The smallest absolute Gasteiger partial charge is 0.253 e. The molecule has 0 unspecified atom stereocenters. The van der Waals surface area contributed by atoms with Crippen LogP contribution >= 0.6 is 0 Å². The number of hydrogen-bond acceptors (Lipinski definition) is 4. The molecule has 0 bridgehead atoms. The third-order valence-corrected chi connectivity index (χ3v) is 4.83. The van der Waals surface area contributed by atoms with E-state index in [2.05, 4.69) is 10.3 Å². The SMILES string of the molecule is O=C(N[C@@H]1CC2(CCOCC2)Oc2ccccc21)c1cccnc1. The molecule has 2 aromatic rings. The Balaban J connectivity index is 1.62. The Hall–Kier alpha value is -2.40. The normalized spacial score (nSPS) is 21.6. The quantitative estimate of drug-likeness (QED) is 0.923. The Bertz CT molecular complexity index is 726. The van der Waals surface area contributed by atoms with Crippen molar-refractivity contribution >= 4 is 5.91 Å². The summed E-state index contributed by atoms with van der Waals surface area (Å²) in [6.07, 6.45) is 5.71. The highest BCUT2D eigenvalue weighted by molar-refractivity contribution is 5.94. The van der Waals surface area contributed by atoms with E-state index in [1.165, 1.54) is 0 Å². The van der Waals surface area contributed by atoms with Gasteiger partial charge in [0.25, 0.3) is 5.91 Å². The van der Waals surface area contributed by atoms with Crippen LogP contribution in [0.5, 0.6) is 5.75 Å². The van der Waals surface area contributed by atoms with Crippen molar-refractivity contribution in [2.24, 2.45) is 0 Å². The maximum Gasteiger partial charge on any atom is 0.253 e. The van der Waals surface area contributed by atoms with Gasteiger partial charge in [0.1, 0.15) is 11.4 Å². The standard InChI is InChI=1S/C19H20N2O3/c22-18(14-4-3-9-20-13-14)21-16-12-19(7-10-23-11-8-19)24-17-6-2-1-5-15(16)17/h1-6,9,13,16H,7-8,10-12H2,(H,21,22)/t16-/m1/s1. The summed E-state index contributed by atoms with van der Waals surface area (Å²) in [6, 6.07) is 11.4. The van der Waals surface area contributed by atoms with Crippen LogP contribution in [0.1, 0.15) is 41.2 Å². The zero-order chi connectivity index (χ0) is 16.4. The molecular formula is C19H20N2O3. The van der Waals surface area contributed by atoms with Gasteiger partial charge in [-0.15, -0.1) is 0 Å². The van der Waals surface area contributed by atoms with E-state index in [1.807, 2.05) is 24.3 Å². The minimum Gasteiger partial charge on any atom is -0.487 e. The highest BCUT2D eigenvalue weighted by Crippen LogP contribution is 2.43. The molecule has 1 aromatic heterocycles. The second-order valence-corrected chi connectivity index (χ2v) is 6.41. The number of fused-ring (bicyclic) bond motifs is 1. The van der Waals surface area contributed by atoms with Crippen LogP contribution in [0.3, 0.4) is 0 Å². The molecule has 1 spiro atoms. The van der Waals surface area contributed by atoms with Gasteiger partial charge in [0, 0.05) is 37.2 Å². The van der Waals surface area contributed by atoms with Crippen LogP contribution in [0.25, 0.3) is 0 Å². The molecule has 5 heteroatoms. The maximum atomic E-state index is 12.6. The van der Waals surface area contributed by atoms with Gasteiger partial charge in [0.05, 0.1) is 24.8 Å². The first kappa shape index (κ1) is 15.1. The lowest BCUT2D eigenvalue weighted by Gasteiger charge is -2.44. The molecule has 1 atom stereocenters. The number of amides is 1. The van der Waals surface area contributed by atoms with Gasteiger partial charge >= 0.3 is 0 Å². The van der Waals surface area contributed by atoms with Gasteiger partial charge in [0.15, 0.2) is 0 Å². The van der Waals surface area contributed by atoms with E-state index in [1.54, 1.807) is 24.5 Å². The number of rotatable bonds is 2. The second-order valence-electron chi connectivity index (χ2n) is 6.41. The Morgan fingerprint density at radius 1 is 1.17 bits per heavy atom. The van der Waals surface area contributed by atoms with E-state index in [0.717, 1.165) is 30.6 Å². The lowest BCUT2D eigenvalue weighted by molar-refractivity contribution is -0.0639. The van der Waals surface area contributed by atoms with Crippen LogP contribution in [0, 0.1) is 0 Å². The maximum absolute atomic E-state index is 12.6. The third-order valence-electron chi connectivity index (χ3n) is 4.83. The highest BCUT2D eigenvalue weighted by Gasteiger charge is 2.42. The summed E-state index contributed by atoms with van der Waals surface area (Å²) in [4.78, 5) is 16.6. The molecule has 24 heavy (non-hydrogen) atoms. The van der Waals surface area contributed by atoms with Crippen molar-refractivity contribution in [2.45, 2.75) is 30.9 Å². The molecule has 5 nitrogen and oxygen atoms in total. The molecule has 4 rings (SSSR count). The predicted molar refractivity (Wildman–Crippen MR) is 88.9 cm³/mol. The van der Waals surface area contributed by atoms with Crippen LogP contribution in [0.4, 0.5) is 0 Å². The molecular weight excluding hydrogens is 304 g/mol. The zero-order valence-corrected chi connectivity index (χ0v) is 13.4. The van der Waals surface area contributed by atoms with Gasteiger partial charge in [-0.25, -0.2) is 0 Å². The van der Waals surface area contributed by atoms with Crippen LogP contribution in [0.15, 0.2) is 48.8 Å². The number of benzene rings is 1. The molecule has 2 aliphatic heterocycles. The van der Waals surface area contributed by atoms with Gasteiger partial charge < -0.3 is 14.8 Å². The third kappa shape index (κ3) is 2.87. The Morgan fingerprint density at radius 2 is 2.00 bits per heavy atom. The van der Waals surface area contributed by atoms with E-state index in [4.69, 9.17) is 9.47 Å². The highest BCUT2D eigenvalue weighted by atomic mass is 16.5. The summed E-state index contributed by atoms with van der Waals surface area (Å²) in [5, 5.41) is 3.16. The molecule has 0 saturated carbocycles. The molecule has 1 saturated heterocycles. The van der Waals surface area contributed by atoms with Crippen LogP contribution in [-0.4, -0.2) is 29.7 Å². The van der Waals surface area contributed by atoms with Crippen molar-refractivity contribution in [1.82, 2.24) is 10.3 Å². The summed E-state index contributed by atoms with van der Waals surface area (Å²) in [5.74, 6) is 0.758. The number of hydrogen-bond donors (Lipinski definition) is 1. The fourth-order valence-electron chi connectivity index (χ4n) is 3.54. The van der Waals surface area contributed by atoms with Crippen molar-refractivity contribution in [3.05, 3.63) is 59.9 Å². The lowest BCUT2D eigenvalue weighted by atomic mass is 9.82. The number of carbonyl (C=O) groups is 1. The fraction of sp³-hybridized carbons (Fsp3) is 0.368. The Kier molecular flexibility index (Phi) is 3.94. The number of ether oxygens (including phenoxy) is 2. The molecule has 2 aliphatic rings. The molecule has 1 N–H and O–H groups in total. The number of pyridine rings is 1. The number of carbonyl (C=O) groups excluding carboxylic acids is 1. The molecule has 0 aliphatic carbocycles. The van der Waals surface area contributed by atoms with E-state index in [-0.39, 0.29) is 17.6 Å². The second kappa shape index (κ2) is 6.24. The largest absolute Gasteiger partial charge is 0.487 e. The topological polar surface area (TPSA) is 60.5 Å². The zero-order valence-electron chi connectivity index (χ0n) is 13.4. The summed E-state index contributed by atoms with van der Waals surface area (Å²) in [5.41, 5.74) is 1.36. The van der Waals surface area contributed by atoms with Crippen molar-refractivity contribution in [3.63, 3.8) is 0 Å². The van der Waals surface area contributed by atoms with Crippen molar-refractivity contribution in [1.29, 1.82) is 0 Å². The lowest BCUT2D eigenvalue weighted by Crippen LogP contribution is -2.48. The van der Waals surface area contributed by atoms with E-state index >= 15 is 0 Å². The van der Waals surface area contributed by atoms with Crippen molar-refractivity contribution in [3.8, 4) is 5.75 Å². The van der Waals surface area contributed by atoms with Crippen molar-refractivity contribution < 1.29 is 14.3 Å². The number of nitrogens with zero attached hydrogens (tertiary/aromatic N) is 1. The predicted octanol–water partition coefficient (Wildman–Crippen LogP) is 2.88. The molecule has 1 fully saturated rings. The van der Waals surface area contributed by atoms with Gasteiger partial charge in [-0.3, -0.25) is 9.78 Å². The van der Waals surface area contributed by atoms with Gasteiger partial charge in [0.2, 0.25) is 0 Å². The Labute approximate surface area is 141 Å². The average molecular weight is 324 g/mol. The minimum atomic E-state index is -0.251.